The lowest BCUT2D eigenvalue weighted by Gasteiger charge is -2.31. The molecule has 1 aromatic heterocycles. The zero-order valence-corrected chi connectivity index (χ0v) is 15.8. The van der Waals surface area contributed by atoms with E-state index in [4.69, 9.17) is 10.8 Å². The summed E-state index contributed by atoms with van der Waals surface area (Å²) in [5.74, 6) is 0. The predicted octanol–water partition coefficient (Wildman–Crippen LogP) is 3.42. The molecule has 0 saturated carbocycles. The van der Waals surface area contributed by atoms with E-state index in [1.54, 1.807) is 0 Å². The quantitative estimate of drug-likeness (QED) is 0.735. The first-order chi connectivity index (χ1) is 9.88. The summed E-state index contributed by atoms with van der Waals surface area (Å²) in [5.41, 5.74) is 8.49. The Labute approximate surface area is 138 Å². The molecule has 0 amide bonds. The minimum Gasteiger partial charge on any atom is -0.330 e. The van der Waals surface area contributed by atoms with Gasteiger partial charge in [-0.3, -0.25) is 9.58 Å². The van der Waals surface area contributed by atoms with Crippen molar-refractivity contribution in [3.05, 3.63) is 15.9 Å². The molecule has 1 aromatic rings. The van der Waals surface area contributed by atoms with Crippen LogP contribution in [-0.2, 0) is 19.5 Å². The highest BCUT2D eigenvalue weighted by molar-refractivity contribution is 9.10. The molecule has 0 unspecified atom stereocenters. The lowest BCUT2D eigenvalue weighted by atomic mass is 9.93. The van der Waals surface area contributed by atoms with Crippen molar-refractivity contribution in [3.63, 3.8) is 0 Å². The normalized spacial score (nSPS) is 12.4. The second-order valence-electron chi connectivity index (χ2n) is 6.46. The van der Waals surface area contributed by atoms with E-state index in [0.717, 1.165) is 44.7 Å². The Balaban J connectivity index is 2.95. The molecule has 0 spiro atoms. The fraction of sp³-hybridized carbons (Fsp3) is 0.812. The molecule has 0 aromatic carbocycles. The maximum absolute atomic E-state index is 5.90. The second kappa shape index (κ2) is 8.30. The summed E-state index contributed by atoms with van der Waals surface area (Å²) in [6.07, 6.45) is 2.11. The fourth-order valence-electron chi connectivity index (χ4n) is 2.58. The Hall–Kier alpha value is -0.390. The summed E-state index contributed by atoms with van der Waals surface area (Å²) in [7, 11) is 0. The highest BCUT2D eigenvalue weighted by Gasteiger charge is 2.22. The van der Waals surface area contributed by atoms with Crippen molar-refractivity contribution in [2.45, 2.75) is 60.5 Å². The van der Waals surface area contributed by atoms with Gasteiger partial charge in [0.05, 0.1) is 15.9 Å². The van der Waals surface area contributed by atoms with Gasteiger partial charge in [-0.2, -0.15) is 5.10 Å². The summed E-state index contributed by atoms with van der Waals surface area (Å²) >= 11 is 3.74. The summed E-state index contributed by atoms with van der Waals surface area (Å²) in [5, 5.41) is 4.69. The van der Waals surface area contributed by atoms with Gasteiger partial charge in [-0.05, 0) is 54.2 Å². The lowest BCUT2D eigenvalue weighted by molar-refractivity contribution is 0.171. The van der Waals surface area contributed by atoms with Gasteiger partial charge in [-0.15, -0.1) is 0 Å². The van der Waals surface area contributed by atoms with Crippen molar-refractivity contribution in [3.8, 4) is 0 Å². The maximum Gasteiger partial charge on any atom is 0.0767 e. The molecule has 1 rings (SSSR count). The highest BCUT2D eigenvalue weighted by Crippen LogP contribution is 2.25. The first-order valence-electron chi connectivity index (χ1n) is 8.04. The molecular weight excluding hydrogens is 328 g/mol. The van der Waals surface area contributed by atoms with Crippen LogP contribution in [0.2, 0.25) is 0 Å². The van der Waals surface area contributed by atoms with Crippen LogP contribution in [0.25, 0.3) is 0 Å². The predicted molar refractivity (Wildman–Crippen MR) is 93.4 cm³/mol. The number of halogens is 1. The van der Waals surface area contributed by atoms with Crippen LogP contribution in [0, 0.1) is 5.41 Å². The van der Waals surface area contributed by atoms with Crippen LogP contribution in [0.4, 0.5) is 0 Å². The third-order valence-corrected chi connectivity index (χ3v) is 4.73. The van der Waals surface area contributed by atoms with E-state index >= 15 is 0 Å². The van der Waals surface area contributed by atoms with Gasteiger partial charge in [0, 0.05) is 19.6 Å². The highest BCUT2D eigenvalue weighted by atomic mass is 79.9. The number of nitrogens with zero attached hydrogens (tertiary/aromatic N) is 3. The molecule has 5 heteroatoms. The average Bonchev–Trinajstić information content (AvgIpc) is 2.75. The minimum absolute atomic E-state index is 0.145. The average molecular weight is 359 g/mol. The number of aromatic nitrogens is 2. The van der Waals surface area contributed by atoms with Gasteiger partial charge < -0.3 is 5.73 Å². The first-order valence-corrected chi connectivity index (χ1v) is 8.84. The van der Waals surface area contributed by atoms with E-state index in [2.05, 4.69) is 60.1 Å². The van der Waals surface area contributed by atoms with Crippen LogP contribution in [0.5, 0.6) is 0 Å². The molecule has 0 aliphatic carbocycles. The molecule has 122 valence electrons. The van der Waals surface area contributed by atoms with Crippen molar-refractivity contribution in [2.24, 2.45) is 11.1 Å². The molecule has 0 bridgehead atoms. The van der Waals surface area contributed by atoms with Gasteiger partial charge in [-0.25, -0.2) is 0 Å². The van der Waals surface area contributed by atoms with E-state index < -0.39 is 0 Å². The van der Waals surface area contributed by atoms with Gasteiger partial charge in [0.2, 0.25) is 0 Å². The van der Waals surface area contributed by atoms with Crippen molar-refractivity contribution in [1.82, 2.24) is 14.7 Å². The van der Waals surface area contributed by atoms with Crippen LogP contribution in [0.3, 0.4) is 0 Å². The minimum atomic E-state index is 0.145. The number of hydrogen-bond acceptors (Lipinski definition) is 3. The third kappa shape index (κ3) is 5.08. The summed E-state index contributed by atoms with van der Waals surface area (Å²) in [6, 6.07) is 0. The molecular formula is C16H31BrN4. The van der Waals surface area contributed by atoms with Crippen LogP contribution < -0.4 is 5.73 Å². The van der Waals surface area contributed by atoms with E-state index in [0.29, 0.717) is 6.54 Å². The van der Waals surface area contributed by atoms with Gasteiger partial charge in [0.25, 0.3) is 0 Å². The van der Waals surface area contributed by atoms with Gasteiger partial charge >= 0.3 is 0 Å². The molecule has 0 atom stereocenters. The van der Waals surface area contributed by atoms with Crippen LogP contribution in [-0.4, -0.2) is 34.3 Å². The summed E-state index contributed by atoms with van der Waals surface area (Å²) in [6.45, 7) is 15.7. The van der Waals surface area contributed by atoms with E-state index in [-0.39, 0.29) is 5.41 Å². The van der Waals surface area contributed by atoms with Crippen LogP contribution in [0.1, 0.15) is 52.4 Å². The molecule has 0 aliphatic rings. The Morgan fingerprint density at radius 3 is 2.43 bits per heavy atom. The number of hydrogen-bond donors (Lipinski definition) is 1. The number of aryl methyl sites for hydroxylation is 2. The number of rotatable bonds is 9. The van der Waals surface area contributed by atoms with Crippen LogP contribution >= 0.6 is 15.9 Å². The first kappa shape index (κ1) is 18.7. The van der Waals surface area contributed by atoms with Crippen LogP contribution in [0.15, 0.2) is 4.47 Å². The molecule has 2 N–H and O–H groups in total. The molecule has 4 nitrogen and oxygen atoms in total. The summed E-state index contributed by atoms with van der Waals surface area (Å²) in [4.78, 5) is 2.50. The topological polar surface area (TPSA) is 47.1 Å². The molecule has 1 heterocycles. The SMILES string of the molecule is CCCN(Cc1c(Br)c(CC)nn1CC)CC(C)(C)CN. The fourth-order valence-corrected chi connectivity index (χ4v) is 3.27. The van der Waals surface area contributed by atoms with Gasteiger partial charge in [-0.1, -0.05) is 27.7 Å². The molecule has 0 aliphatic heterocycles. The zero-order valence-electron chi connectivity index (χ0n) is 14.2. The lowest BCUT2D eigenvalue weighted by Crippen LogP contribution is -2.39. The summed E-state index contributed by atoms with van der Waals surface area (Å²) < 4.78 is 3.31. The van der Waals surface area contributed by atoms with E-state index in [1.807, 2.05) is 0 Å². The Bertz CT molecular complexity index is 440. The third-order valence-electron chi connectivity index (χ3n) is 3.81. The molecule has 0 radical (unpaired) electrons. The molecule has 0 saturated heterocycles. The van der Waals surface area contributed by atoms with Crippen molar-refractivity contribution < 1.29 is 0 Å². The van der Waals surface area contributed by atoms with Gasteiger partial charge in [0.1, 0.15) is 0 Å². The van der Waals surface area contributed by atoms with Gasteiger partial charge in [0.15, 0.2) is 0 Å². The monoisotopic (exact) mass is 358 g/mol. The molecule has 0 fully saturated rings. The Morgan fingerprint density at radius 2 is 1.95 bits per heavy atom. The second-order valence-corrected chi connectivity index (χ2v) is 7.25. The smallest absolute Gasteiger partial charge is 0.0767 e. The van der Waals surface area contributed by atoms with Crippen molar-refractivity contribution in [2.75, 3.05) is 19.6 Å². The zero-order chi connectivity index (χ0) is 16.0. The Kier molecular flexibility index (Phi) is 7.37. The Morgan fingerprint density at radius 1 is 1.29 bits per heavy atom. The maximum atomic E-state index is 5.90. The molecule has 21 heavy (non-hydrogen) atoms. The van der Waals surface area contributed by atoms with Crippen molar-refractivity contribution >= 4 is 15.9 Å². The van der Waals surface area contributed by atoms with E-state index in [1.165, 1.54) is 10.2 Å². The van der Waals surface area contributed by atoms with Crippen molar-refractivity contribution in [1.29, 1.82) is 0 Å². The standard InChI is InChI=1S/C16H31BrN4/c1-6-9-20(12-16(4,5)11-18)10-14-15(17)13(7-2)19-21(14)8-3/h6-12,18H2,1-5H3. The number of nitrogens with two attached hydrogens (primary N) is 1. The van der Waals surface area contributed by atoms with E-state index in [9.17, 15) is 0 Å². The largest absolute Gasteiger partial charge is 0.330 e.